The van der Waals surface area contributed by atoms with E-state index in [9.17, 15) is 0 Å². The van der Waals surface area contributed by atoms with Crippen LogP contribution in [0.25, 0.3) is 0 Å². The van der Waals surface area contributed by atoms with Gasteiger partial charge in [0.1, 0.15) is 0 Å². The predicted molar refractivity (Wildman–Crippen MR) is 103 cm³/mol. The molecule has 0 aliphatic carbocycles. The number of nitrogens with zero attached hydrogens (tertiary/aromatic N) is 3. The Kier molecular flexibility index (Phi) is 8.69. The number of ether oxygens (including phenoxy) is 1. The summed E-state index contributed by atoms with van der Waals surface area (Å²) in [7, 11) is 1.82. The molecule has 0 radical (unpaired) electrons. The average Bonchev–Trinajstić information content (AvgIpc) is 2.64. The summed E-state index contributed by atoms with van der Waals surface area (Å²) in [6.07, 6.45) is 5.83. The number of aliphatic imine (C=N–C) groups is 1. The van der Waals surface area contributed by atoms with Gasteiger partial charge >= 0.3 is 0 Å². The van der Waals surface area contributed by atoms with Crippen LogP contribution in [0.1, 0.15) is 25.8 Å². The van der Waals surface area contributed by atoms with Crippen molar-refractivity contribution in [3.8, 4) is 0 Å². The van der Waals surface area contributed by atoms with Crippen LogP contribution in [0.2, 0.25) is 0 Å². The topological polar surface area (TPSA) is 61.8 Å². The van der Waals surface area contributed by atoms with Crippen molar-refractivity contribution >= 4 is 5.96 Å². The molecule has 6 nitrogen and oxygen atoms in total. The summed E-state index contributed by atoms with van der Waals surface area (Å²) >= 11 is 0. The maximum Gasteiger partial charge on any atom is 0.191 e. The molecule has 0 aromatic carbocycles. The van der Waals surface area contributed by atoms with E-state index in [0.717, 1.165) is 51.8 Å². The monoisotopic (exact) mass is 347 g/mol. The Morgan fingerprint density at radius 3 is 2.76 bits per heavy atom. The van der Waals surface area contributed by atoms with E-state index in [4.69, 9.17) is 4.74 Å². The van der Waals surface area contributed by atoms with Gasteiger partial charge in [0.25, 0.3) is 0 Å². The van der Waals surface area contributed by atoms with Crippen molar-refractivity contribution in [2.24, 2.45) is 10.9 Å². The van der Waals surface area contributed by atoms with Gasteiger partial charge in [0.2, 0.25) is 0 Å². The Bertz CT molecular complexity index is 500. The molecule has 1 saturated heterocycles. The van der Waals surface area contributed by atoms with Gasteiger partial charge < -0.3 is 15.4 Å². The lowest BCUT2D eigenvalue weighted by Crippen LogP contribution is -2.51. The maximum atomic E-state index is 5.49. The second kappa shape index (κ2) is 11.1. The summed E-state index contributed by atoms with van der Waals surface area (Å²) < 4.78 is 5.49. The average molecular weight is 348 g/mol. The molecule has 2 heterocycles. The molecule has 0 bridgehead atoms. The van der Waals surface area contributed by atoms with Crippen molar-refractivity contribution in [1.82, 2.24) is 20.5 Å². The standard InChI is InChI=1S/C19H33N5O/c1-16(2)13-18(24-9-11-25-12-10-24)15-23-19(20-3)22-8-6-17-5-4-7-21-14-17/h4-5,7,14,16,18H,6,8-13,15H2,1-3H3,(H2,20,22,23). The van der Waals surface area contributed by atoms with Crippen LogP contribution in [0, 0.1) is 5.92 Å². The number of pyridine rings is 1. The van der Waals surface area contributed by atoms with Gasteiger partial charge in [-0.05, 0) is 30.4 Å². The Balaban J connectivity index is 1.77. The highest BCUT2D eigenvalue weighted by molar-refractivity contribution is 5.79. The van der Waals surface area contributed by atoms with E-state index in [0.29, 0.717) is 12.0 Å². The molecule has 1 atom stereocenters. The Labute approximate surface area is 152 Å². The summed E-state index contributed by atoms with van der Waals surface area (Å²) in [5, 5.41) is 6.90. The summed E-state index contributed by atoms with van der Waals surface area (Å²) in [5.74, 6) is 1.54. The van der Waals surface area contributed by atoms with Crippen LogP contribution in [-0.4, -0.2) is 68.3 Å². The number of aromatic nitrogens is 1. The number of hydrogen-bond donors (Lipinski definition) is 2. The number of rotatable bonds is 8. The lowest BCUT2D eigenvalue weighted by atomic mass is 10.0. The fourth-order valence-electron chi connectivity index (χ4n) is 3.15. The van der Waals surface area contributed by atoms with Gasteiger partial charge in [-0.3, -0.25) is 14.9 Å². The molecule has 0 spiro atoms. The summed E-state index contributed by atoms with van der Waals surface area (Å²) in [5.41, 5.74) is 1.23. The predicted octanol–water partition coefficient (Wildman–Crippen LogP) is 1.54. The van der Waals surface area contributed by atoms with Gasteiger partial charge in [-0.15, -0.1) is 0 Å². The Hall–Kier alpha value is -1.66. The molecule has 2 rings (SSSR count). The van der Waals surface area contributed by atoms with E-state index in [1.54, 1.807) is 6.20 Å². The normalized spacial score (nSPS) is 17.5. The molecular formula is C19H33N5O. The van der Waals surface area contributed by atoms with E-state index in [1.165, 1.54) is 12.0 Å². The van der Waals surface area contributed by atoms with Gasteiger partial charge in [0.15, 0.2) is 5.96 Å². The molecular weight excluding hydrogens is 314 g/mol. The highest BCUT2D eigenvalue weighted by Gasteiger charge is 2.22. The molecule has 1 unspecified atom stereocenters. The molecule has 1 fully saturated rings. The molecule has 1 aliphatic rings. The minimum Gasteiger partial charge on any atom is -0.379 e. The minimum atomic E-state index is 0.515. The molecule has 140 valence electrons. The second-order valence-corrected chi connectivity index (χ2v) is 6.92. The third kappa shape index (κ3) is 7.40. The van der Waals surface area contributed by atoms with Crippen molar-refractivity contribution in [3.63, 3.8) is 0 Å². The van der Waals surface area contributed by atoms with E-state index in [2.05, 4.69) is 45.4 Å². The molecule has 1 aliphatic heterocycles. The van der Waals surface area contributed by atoms with Gasteiger partial charge in [0.05, 0.1) is 13.2 Å². The molecule has 1 aromatic heterocycles. The third-order valence-corrected chi connectivity index (χ3v) is 4.46. The van der Waals surface area contributed by atoms with Gasteiger partial charge in [-0.25, -0.2) is 0 Å². The SMILES string of the molecule is CN=C(NCCc1cccnc1)NCC(CC(C)C)N1CCOCC1. The van der Waals surface area contributed by atoms with Gasteiger partial charge in [-0.2, -0.15) is 0 Å². The lowest BCUT2D eigenvalue weighted by Gasteiger charge is -2.35. The van der Waals surface area contributed by atoms with Crippen molar-refractivity contribution in [1.29, 1.82) is 0 Å². The highest BCUT2D eigenvalue weighted by atomic mass is 16.5. The van der Waals surface area contributed by atoms with Crippen LogP contribution in [0.4, 0.5) is 0 Å². The maximum absolute atomic E-state index is 5.49. The fourth-order valence-corrected chi connectivity index (χ4v) is 3.15. The molecule has 25 heavy (non-hydrogen) atoms. The Morgan fingerprint density at radius 2 is 2.12 bits per heavy atom. The number of nitrogens with one attached hydrogen (secondary N) is 2. The van der Waals surface area contributed by atoms with Crippen LogP contribution in [0.15, 0.2) is 29.5 Å². The largest absolute Gasteiger partial charge is 0.379 e. The first-order valence-corrected chi connectivity index (χ1v) is 9.34. The van der Waals surface area contributed by atoms with E-state index in [1.807, 2.05) is 19.3 Å². The lowest BCUT2D eigenvalue weighted by molar-refractivity contribution is 0.0132. The van der Waals surface area contributed by atoms with Crippen LogP contribution >= 0.6 is 0 Å². The van der Waals surface area contributed by atoms with Gasteiger partial charge in [0, 0.05) is 51.7 Å². The van der Waals surface area contributed by atoms with E-state index in [-0.39, 0.29) is 0 Å². The van der Waals surface area contributed by atoms with Crippen molar-refractivity contribution in [2.75, 3.05) is 46.4 Å². The summed E-state index contributed by atoms with van der Waals surface area (Å²) in [6, 6.07) is 4.59. The first-order chi connectivity index (χ1) is 12.2. The molecule has 0 saturated carbocycles. The number of morpholine rings is 1. The zero-order valence-electron chi connectivity index (χ0n) is 15.9. The van der Waals surface area contributed by atoms with E-state index < -0.39 is 0 Å². The molecule has 2 N–H and O–H groups in total. The smallest absolute Gasteiger partial charge is 0.191 e. The summed E-state index contributed by atoms with van der Waals surface area (Å²) in [4.78, 5) is 11.0. The van der Waals surface area contributed by atoms with Crippen molar-refractivity contribution < 1.29 is 4.74 Å². The number of hydrogen-bond acceptors (Lipinski definition) is 4. The first-order valence-electron chi connectivity index (χ1n) is 9.34. The molecule has 1 aromatic rings. The second-order valence-electron chi connectivity index (χ2n) is 6.92. The van der Waals surface area contributed by atoms with Crippen LogP contribution in [0.3, 0.4) is 0 Å². The minimum absolute atomic E-state index is 0.515. The van der Waals surface area contributed by atoms with Crippen LogP contribution in [0.5, 0.6) is 0 Å². The zero-order valence-corrected chi connectivity index (χ0v) is 15.9. The first kappa shape index (κ1) is 19.7. The summed E-state index contributed by atoms with van der Waals surface area (Å²) in [6.45, 7) is 10.0. The van der Waals surface area contributed by atoms with Crippen LogP contribution in [-0.2, 0) is 11.2 Å². The third-order valence-electron chi connectivity index (χ3n) is 4.46. The fraction of sp³-hybridized carbons (Fsp3) is 0.684. The number of guanidine groups is 1. The zero-order chi connectivity index (χ0) is 17.9. The molecule has 6 heteroatoms. The van der Waals surface area contributed by atoms with Crippen LogP contribution < -0.4 is 10.6 Å². The quantitative estimate of drug-likeness (QED) is 0.552. The molecule has 0 amide bonds. The van der Waals surface area contributed by atoms with Gasteiger partial charge in [-0.1, -0.05) is 19.9 Å². The Morgan fingerprint density at radius 1 is 1.32 bits per heavy atom. The highest BCUT2D eigenvalue weighted by Crippen LogP contribution is 2.12. The van der Waals surface area contributed by atoms with Crippen molar-refractivity contribution in [3.05, 3.63) is 30.1 Å². The van der Waals surface area contributed by atoms with Crippen molar-refractivity contribution in [2.45, 2.75) is 32.7 Å². The van der Waals surface area contributed by atoms with E-state index >= 15 is 0 Å².